The Morgan fingerprint density at radius 1 is 1.59 bits per heavy atom. The Balaban J connectivity index is 2.24. The van der Waals surface area contributed by atoms with E-state index in [1.807, 2.05) is 4.57 Å². The van der Waals surface area contributed by atoms with Gasteiger partial charge >= 0.3 is 0 Å². The van der Waals surface area contributed by atoms with Gasteiger partial charge in [-0.15, -0.1) is 10.2 Å². The van der Waals surface area contributed by atoms with Crippen molar-refractivity contribution in [1.29, 1.82) is 0 Å². The highest BCUT2D eigenvalue weighted by molar-refractivity contribution is 5.51. The van der Waals surface area contributed by atoms with Crippen molar-refractivity contribution in [2.45, 2.75) is 19.5 Å². The van der Waals surface area contributed by atoms with Crippen LogP contribution in [0.3, 0.4) is 0 Å². The van der Waals surface area contributed by atoms with Gasteiger partial charge in [-0.25, -0.2) is 0 Å². The minimum atomic E-state index is -0.239. The first-order valence-electron chi connectivity index (χ1n) is 5.43. The molecule has 92 valence electrons. The minimum Gasteiger partial charge on any atom is -0.457 e. The molecule has 0 spiro atoms. The third kappa shape index (κ3) is 2.22. The molecule has 17 heavy (non-hydrogen) atoms. The fraction of sp³-hybridized carbons (Fsp3) is 0.455. The van der Waals surface area contributed by atoms with Crippen LogP contribution in [0, 0.1) is 0 Å². The molecule has 0 radical (unpaired) electrons. The Hall–Kier alpha value is -1.66. The zero-order valence-electron chi connectivity index (χ0n) is 9.81. The molecule has 1 atom stereocenters. The number of aliphatic hydroxyl groups is 1. The normalized spacial score (nSPS) is 18.6. The lowest BCUT2D eigenvalue weighted by atomic mass is 10.2. The molecule has 0 fully saturated rings. The number of nitrogens with zero attached hydrogens (tertiary/aromatic N) is 3. The van der Waals surface area contributed by atoms with Crippen molar-refractivity contribution in [2.75, 3.05) is 13.2 Å². The molecule has 1 unspecified atom stereocenters. The van der Waals surface area contributed by atoms with Gasteiger partial charge in [-0.1, -0.05) is 13.2 Å². The van der Waals surface area contributed by atoms with Crippen LogP contribution in [-0.4, -0.2) is 33.0 Å². The highest BCUT2D eigenvalue weighted by Gasteiger charge is 2.23. The molecule has 2 rings (SSSR count). The van der Waals surface area contributed by atoms with E-state index in [1.54, 1.807) is 0 Å². The summed E-state index contributed by atoms with van der Waals surface area (Å²) in [5.74, 6) is 2.05. The summed E-state index contributed by atoms with van der Waals surface area (Å²) in [5.41, 5.74) is 0. The molecule has 0 saturated carbocycles. The number of aliphatic hydroxyl groups excluding tert-OH is 1. The van der Waals surface area contributed by atoms with Gasteiger partial charge in [0.15, 0.2) is 11.6 Å². The first kappa shape index (κ1) is 11.8. The van der Waals surface area contributed by atoms with E-state index in [0.29, 0.717) is 18.1 Å². The van der Waals surface area contributed by atoms with Gasteiger partial charge < -0.3 is 19.7 Å². The zero-order valence-corrected chi connectivity index (χ0v) is 9.81. The SMILES string of the molecule is C=C(CO)OC(=C)c1nnc2n1C(C)CNC2. The number of fused-ring (bicyclic) bond motifs is 1. The van der Waals surface area contributed by atoms with Gasteiger partial charge in [0, 0.05) is 12.6 Å². The Morgan fingerprint density at radius 3 is 3.06 bits per heavy atom. The predicted octanol–water partition coefficient (Wildman–Crippen LogP) is 0.436. The third-order valence-corrected chi connectivity index (χ3v) is 2.62. The highest BCUT2D eigenvalue weighted by Crippen LogP contribution is 2.22. The molecule has 2 N–H and O–H groups in total. The maximum absolute atomic E-state index is 8.85. The van der Waals surface area contributed by atoms with E-state index >= 15 is 0 Å². The second kappa shape index (κ2) is 4.68. The van der Waals surface area contributed by atoms with Crippen LogP contribution in [0.15, 0.2) is 18.9 Å². The second-order valence-corrected chi connectivity index (χ2v) is 4.01. The standard InChI is InChI=1S/C11H16N4O2/c1-7-4-12-5-10-13-14-11(15(7)10)9(3)17-8(2)6-16/h7,12,16H,2-6H2,1H3. The average Bonchev–Trinajstić information content (AvgIpc) is 2.74. The molecular weight excluding hydrogens is 220 g/mol. The molecule has 6 heteroatoms. The summed E-state index contributed by atoms with van der Waals surface area (Å²) < 4.78 is 7.27. The summed E-state index contributed by atoms with van der Waals surface area (Å²) >= 11 is 0. The van der Waals surface area contributed by atoms with Crippen molar-refractivity contribution < 1.29 is 9.84 Å². The van der Waals surface area contributed by atoms with Crippen molar-refractivity contribution in [1.82, 2.24) is 20.1 Å². The summed E-state index contributed by atoms with van der Waals surface area (Å²) in [5, 5.41) is 20.2. The number of rotatable bonds is 4. The molecule has 0 amide bonds. The van der Waals surface area contributed by atoms with Crippen LogP contribution in [-0.2, 0) is 11.3 Å². The van der Waals surface area contributed by atoms with Gasteiger partial charge in [-0.05, 0) is 6.92 Å². The van der Waals surface area contributed by atoms with Crippen molar-refractivity contribution in [2.24, 2.45) is 0 Å². The lowest BCUT2D eigenvalue weighted by Crippen LogP contribution is -2.32. The van der Waals surface area contributed by atoms with Gasteiger partial charge in [-0.3, -0.25) is 0 Å². The maximum atomic E-state index is 8.85. The highest BCUT2D eigenvalue weighted by atomic mass is 16.5. The largest absolute Gasteiger partial charge is 0.457 e. The van der Waals surface area contributed by atoms with Crippen LogP contribution in [0.5, 0.6) is 0 Å². The van der Waals surface area contributed by atoms with Crippen LogP contribution in [0.1, 0.15) is 24.6 Å². The van der Waals surface area contributed by atoms with Crippen LogP contribution in [0.4, 0.5) is 0 Å². The topological polar surface area (TPSA) is 72.2 Å². The summed E-state index contributed by atoms with van der Waals surface area (Å²) in [4.78, 5) is 0. The van der Waals surface area contributed by atoms with Crippen LogP contribution in [0.25, 0.3) is 5.76 Å². The van der Waals surface area contributed by atoms with Crippen molar-refractivity contribution >= 4 is 5.76 Å². The van der Waals surface area contributed by atoms with Crippen LogP contribution in [0.2, 0.25) is 0 Å². The molecular formula is C11H16N4O2. The Kier molecular flexibility index (Phi) is 3.26. The van der Waals surface area contributed by atoms with Gasteiger partial charge in [0.1, 0.15) is 18.2 Å². The van der Waals surface area contributed by atoms with Gasteiger partial charge in [0.25, 0.3) is 0 Å². The lowest BCUT2D eigenvalue weighted by Gasteiger charge is -2.23. The molecule has 0 saturated heterocycles. The Bertz CT molecular complexity index is 452. The zero-order chi connectivity index (χ0) is 12.4. The van der Waals surface area contributed by atoms with Crippen molar-refractivity contribution in [3.63, 3.8) is 0 Å². The molecule has 1 aliphatic rings. The van der Waals surface area contributed by atoms with E-state index in [2.05, 4.69) is 35.6 Å². The summed E-state index contributed by atoms with van der Waals surface area (Å²) in [7, 11) is 0. The van der Waals surface area contributed by atoms with Gasteiger partial charge in [0.05, 0.1) is 6.54 Å². The smallest absolute Gasteiger partial charge is 0.199 e. The third-order valence-electron chi connectivity index (χ3n) is 2.62. The average molecular weight is 236 g/mol. The fourth-order valence-electron chi connectivity index (χ4n) is 1.83. The summed E-state index contributed by atoms with van der Waals surface area (Å²) in [6, 6.07) is 0.242. The van der Waals surface area contributed by atoms with E-state index in [1.165, 1.54) is 0 Å². The van der Waals surface area contributed by atoms with E-state index < -0.39 is 0 Å². The van der Waals surface area contributed by atoms with Crippen molar-refractivity contribution in [3.05, 3.63) is 30.6 Å². The van der Waals surface area contributed by atoms with Gasteiger partial charge in [0.2, 0.25) is 0 Å². The van der Waals surface area contributed by atoms with E-state index in [9.17, 15) is 0 Å². The number of hydrogen-bond donors (Lipinski definition) is 2. The molecule has 0 aromatic carbocycles. The second-order valence-electron chi connectivity index (χ2n) is 4.01. The molecule has 1 aliphatic heterocycles. The molecule has 2 heterocycles. The van der Waals surface area contributed by atoms with Gasteiger partial charge in [-0.2, -0.15) is 0 Å². The lowest BCUT2D eigenvalue weighted by molar-refractivity contribution is 0.247. The van der Waals surface area contributed by atoms with E-state index in [4.69, 9.17) is 9.84 Å². The van der Waals surface area contributed by atoms with Crippen LogP contribution < -0.4 is 5.32 Å². The summed E-state index contributed by atoms with van der Waals surface area (Å²) in [6.45, 7) is 10.7. The number of hydrogen-bond acceptors (Lipinski definition) is 5. The van der Waals surface area contributed by atoms with E-state index in [-0.39, 0.29) is 18.4 Å². The molecule has 1 aromatic rings. The monoisotopic (exact) mass is 236 g/mol. The van der Waals surface area contributed by atoms with Crippen LogP contribution >= 0.6 is 0 Å². The Morgan fingerprint density at radius 2 is 2.35 bits per heavy atom. The number of ether oxygens (including phenoxy) is 1. The predicted molar refractivity (Wildman–Crippen MR) is 62.8 cm³/mol. The number of aromatic nitrogens is 3. The molecule has 0 aliphatic carbocycles. The first-order valence-corrected chi connectivity index (χ1v) is 5.43. The Labute approximate surface area is 99.6 Å². The van der Waals surface area contributed by atoms with E-state index in [0.717, 1.165) is 12.4 Å². The number of nitrogens with one attached hydrogen (secondary N) is 1. The molecule has 6 nitrogen and oxygen atoms in total. The van der Waals surface area contributed by atoms with Crippen molar-refractivity contribution in [3.8, 4) is 0 Å². The molecule has 0 bridgehead atoms. The maximum Gasteiger partial charge on any atom is 0.199 e. The molecule has 1 aromatic heterocycles. The first-order chi connectivity index (χ1) is 8.13. The minimum absolute atomic E-state index is 0.239. The fourth-order valence-corrected chi connectivity index (χ4v) is 1.83. The quantitative estimate of drug-likeness (QED) is 0.742. The summed E-state index contributed by atoms with van der Waals surface area (Å²) in [6.07, 6.45) is 0.